The Morgan fingerprint density at radius 1 is 1.04 bits per heavy atom. The van der Waals surface area contributed by atoms with E-state index in [0.29, 0.717) is 12.0 Å². The van der Waals surface area contributed by atoms with Crippen molar-refractivity contribution >= 4 is 5.65 Å². The Labute approximate surface area is 155 Å². The number of fused-ring (bicyclic) bond motifs is 1. The molecular formula is C21H17F2N3O. The molecular weight excluding hydrogens is 348 g/mol. The van der Waals surface area contributed by atoms with E-state index in [1.807, 2.05) is 47.9 Å². The molecule has 3 aromatic heterocycles. The molecule has 0 atom stereocenters. The van der Waals surface area contributed by atoms with Crippen LogP contribution < -0.4 is 4.74 Å². The third-order valence-electron chi connectivity index (χ3n) is 4.46. The number of para-hydroxylation sites is 1. The number of alkyl halides is 2. The molecule has 0 saturated carbocycles. The fraction of sp³-hybridized carbons (Fsp3) is 0.143. The zero-order valence-electron chi connectivity index (χ0n) is 14.6. The number of ether oxygens (including phenoxy) is 1. The molecule has 0 spiro atoms. The summed E-state index contributed by atoms with van der Waals surface area (Å²) in [5.41, 5.74) is 5.28. The number of hydrogen-bond acceptors (Lipinski definition) is 3. The summed E-state index contributed by atoms with van der Waals surface area (Å²) in [6.45, 7) is -0.936. The first kappa shape index (κ1) is 17.1. The highest BCUT2D eigenvalue weighted by Crippen LogP contribution is 2.26. The molecule has 27 heavy (non-hydrogen) atoms. The van der Waals surface area contributed by atoms with E-state index in [1.54, 1.807) is 30.6 Å². The first-order chi connectivity index (χ1) is 13.1. The van der Waals surface area contributed by atoms with Crippen LogP contribution in [0.4, 0.5) is 8.78 Å². The molecule has 0 aliphatic carbocycles. The van der Waals surface area contributed by atoms with Gasteiger partial charge in [-0.1, -0.05) is 24.3 Å². The highest BCUT2D eigenvalue weighted by molar-refractivity contribution is 5.64. The minimum Gasteiger partial charge on any atom is -0.435 e. The zero-order chi connectivity index (χ0) is 18.8. The van der Waals surface area contributed by atoms with Gasteiger partial charge >= 0.3 is 6.61 Å². The lowest BCUT2D eigenvalue weighted by atomic mass is 10.1. The van der Waals surface area contributed by atoms with E-state index < -0.39 is 6.61 Å². The Balaban J connectivity index is 1.77. The second kappa shape index (κ2) is 7.15. The molecule has 0 unspecified atom stereocenters. The number of hydrogen-bond donors (Lipinski definition) is 0. The summed E-state index contributed by atoms with van der Waals surface area (Å²) in [5.74, 6) is 0.185. The Morgan fingerprint density at radius 2 is 1.89 bits per heavy atom. The average molecular weight is 365 g/mol. The fourth-order valence-electron chi connectivity index (χ4n) is 3.17. The van der Waals surface area contributed by atoms with Gasteiger partial charge in [0, 0.05) is 47.4 Å². The van der Waals surface area contributed by atoms with Crippen molar-refractivity contribution in [2.45, 2.75) is 20.0 Å². The predicted molar refractivity (Wildman–Crippen MR) is 99.0 cm³/mol. The molecule has 136 valence electrons. The second-order valence-corrected chi connectivity index (χ2v) is 6.19. The van der Waals surface area contributed by atoms with Crippen molar-refractivity contribution < 1.29 is 13.5 Å². The van der Waals surface area contributed by atoms with Gasteiger partial charge in [-0.05, 0) is 31.2 Å². The summed E-state index contributed by atoms with van der Waals surface area (Å²) in [6, 6.07) is 14.7. The van der Waals surface area contributed by atoms with Gasteiger partial charge in [-0.3, -0.25) is 4.98 Å². The lowest BCUT2D eigenvalue weighted by Crippen LogP contribution is -2.05. The van der Waals surface area contributed by atoms with Gasteiger partial charge in [0.2, 0.25) is 0 Å². The maximum absolute atomic E-state index is 12.7. The first-order valence-electron chi connectivity index (χ1n) is 8.52. The van der Waals surface area contributed by atoms with Crippen molar-refractivity contribution in [1.82, 2.24) is 14.4 Å². The van der Waals surface area contributed by atoms with Crippen LogP contribution in [-0.2, 0) is 6.42 Å². The van der Waals surface area contributed by atoms with E-state index in [4.69, 9.17) is 0 Å². The van der Waals surface area contributed by atoms with E-state index in [9.17, 15) is 8.78 Å². The summed E-state index contributed by atoms with van der Waals surface area (Å²) >= 11 is 0. The van der Waals surface area contributed by atoms with Crippen molar-refractivity contribution in [3.05, 3.63) is 84.1 Å². The molecule has 6 heteroatoms. The fourth-order valence-corrected chi connectivity index (χ4v) is 3.17. The molecule has 3 heterocycles. The summed E-state index contributed by atoms with van der Waals surface area (Å²) in [5, 5.41) is 0. The van der Waals surface area contributed by atoms with E-state index in [0.717, 1.165) is 28.2 Å². The Kier molecular flexibility index (Phi) is 4.54. The molecule has 4 aromatic rings. The number of pyridine rings is 2. The van der Waals surface area contributed by atoms with Gasteiger partial charge in [0.05, 0.1) is 5.69 Å². The van der Waals surface area contributed by atoms with Crippen molar-refractivity contribution in [3.63, 3.8) is 0 Å². The topological polar surface area (TPSA) is 39.4 Å². The van der Waals surface area contributed by atoms with Crippen molar-refractivity contribution in [3.8, 4) is 16.9 Å². The molecule has 0 fully saturated rings. The van der Waals surface area contributed by atoms with Crippen molar-refractivity contribution in [1.29, 1.82) is 0 Å². The molecule has 0 bridgehead atoms. The van der Waals surface area contributed by atoms with Gasteiger partial charge in [0.1, 0.15) is 11.4 Å². The van der Waals surface area contributed by atoms with E-state index in [-0.39, 0.29) is 5.75 Å². The number of rotatable bonds is 5. The lowest BCUT2D eigenvalue weighted by Gasteiger charge is -2.11. The maximum atomic E-state index is 12.7. The minimum absolute atomic E-state index is 0.185. The van der Waals surface area contributed by atoms with E-state index in [1.165, 1.54) is 0 Å². The lowest BCUT2D eigenvalue weighted by molar-refractivity contribution is -0.0503. The molecule has 4 nitrogen and oxygen atoms in total. The number of benzene rings is 1. The smallest absolute Gasteiger partial charge is 0.387 e. The van der Waals surface area contributed by atoms with Crippen molar-refractivity contribution in [2.75, 3.05) is 0 Å². The number of aryl methyl sites for hydroxylation is 1. The quantitative estimate of drug-likeness (QED) is 0.505. The van der Waals surface area contributed by atoms with E-state index >= 15 is 0 Å². The number of aromatic nitrogens is 3. The van der Waals surface area contributed by atoms with Crippen LogP contribution in [0.25, 0.3) is 16.8 Å². The molecule has 0 aliphatic rings. The van der Waals surface area contributed by atoms with Gasteiger partial charge in [-0.15, -0.1) is 0 Å². The molecule has 0 aliphatic heterocycles. The number of imidazole rings is 1. The minimum atomic E-state index is -2.85. The average Bonchev–Trinajstić information content (AvgIpc) is 2.98. The van der Waals surface area contributed by atoms with Crippen LogP contribution in [-0.4, -0.2) is 21.0 Å². The van der Waals surface area contributed by atoms with Crippen LogP contribution in [0.5, 0.6) is 5.75 Å². The molecule has 0 N–H and O–H groups in total. The monoisotopic (exact) mass is 365 g/mol. The summed E-state index contributed by atoms with van der Waals surface area (Å²) < 4.78 is 32.1. The third-order valence-corrected chi connectivity index (χ3v) is 4.46. The van der Waals surface area contributed by atoms with Gasteiger partial charge in [-0.25, -0.2) is 4.98 Å². The Hall–Kier alpha value is -3.28. The van der Waals surface area contributed by atoms with Gasteiger partial charge in [0.25, 0.3) is 0 Å². The highest BCUT2D eigenvalue weighted by atomic mass is 19.3. The predicted octanol–water partition coefficient (Wildman–Crippen LogP) is 4.90. The zero-order valence-corrected chi connectivity index (χ0v) is 14.6. The SMILES string of the molecule is Cc1nc2ccc(-c3cccnc3)cn2c1Cc1ccccc1OC(F)F. The highest BCUT2D eigenvalue weighted by Gasteiger charge is 2.15. The van der Waals surface area contributed by atoms with Crippen LogP contribution in [0.2, 0.25) is 0 Å². The van der Waals surface area contributed by atoms with E-state index in [2.05, 4.69) is 14.7 Å². The molecule has 0 radical (unpaired) electrons. The Bertz CT molecular complexity index is 1080. The van der Waals surface area contributed by atoms with Crippen LogP contribution in [0.3, 0.4) is 0 Å². The van der Waals surface area contributed by atoms with Crippen LogP contribution in [0, 0.1) is 6.92 Å². The first-order valence-corrected chi connectivity index (χ1v) is 8.52. The largest absolute Gasteiger partial charge is 0.435 e. The summed E-state index contributed by atoms with van der Waals surface area (Å²) in [6.07, 6.45) is 5.97. The normalized spacial score (nSPS) is 11.3. The molecule has 1 aromatic carbocycles. The summed E-state index contributed by atoms with van der Waals surface area (Å²) in [7, 11) is 0. The van der Waals surface area contributed by atoms with Crippen molar-refractivity contribution in [2.24, 2.45) is 0 Å². The molecule has 0 saturated heterocycles. The van der Waals surface area contributed by atoms with Crippen LogP contribution in [0.1, 0.15) is 17.0 Å². The second-order valence-electron chi connectivity index (χ2n) is 6.19. The van der Waals surface area contributed by atoms with Gasteiger partial charge in [0.15, 0.2) is 0 Å². The molecule has 4 rings (SSSR count). The Morgan fingerprint density at radius 3 is 2.67 bits per heavy atom. The third kappa shape index (κ3) is 3.51. The van der Waals surface area contributed by atoms with Crippen LogP contribution >= 0.6 is 0 Å². The molecule has 0 amide bonds. The van der Waals surface area contributed by atoms with Gasteiger partial charge in [-0.2, -0.15) is 8.78 Å². The van der Waals surface area contributed by atoms with Gasteiger partial charge < -0.3 is 9.14 Å². The number of nitrogens with zero attached hydrogens (tertiary/aromatic N) is 3. The van der Waals surface area contributed by atoms with Crippen LogP contribution in [0.15, 0.2) is 67.1 Å². The maximum Gasteiger partial charge on any atom is 0.387 e. The summed E-state index contributed by atoms with van der Waals surface area (Å²) in [4.78, 5) is 8.76. The number of halogens is 2. The standard InChI is InChI=1S/C21H17F2N3O/c1-14-18(11-15-5-2-3-7-19(15)27-21(22)23)26-13-17(8-9-20(26)25-14)16-6-4-10-24-12-16/h2-10,12-13,21H,11H2,1H3.